The van der Waals surface area contributed by atoms with Gasteiger partial charge in [0.15, 0.2) is 0 Å². The van der Waals surface area contributed by atoms with E-state index in [1.165, 1.54) is 36.1 Å². The molecular formula is C19H24N2O. The highest BCUT2D eigenvalue weighted by molar-refractivity contribution is 5.50. The number of benzene rings is 1. The lowest BCUT2D eigenvalue weighted by molar-refractivity contribution is 0.130. The lowest BCUT2D eigenvalue weighted by atomic mass is 9.52. The maximum absolute atomic E-state index is 5.53. The largest absolute Gasteiger partial charge is 0.497 e. The van der Waals surface area contributed by atoms with Crippen molar-refractivity contribution in [1.82, 2.24) is 9.55 Å². The molecule has 2 heterocycles. The molecule has 22 heavy (non-hydrogen) atoms. The van der Waals surface area contributed by atoms with Crippen LogP contribution in [0.3, 0.4) is 0 Å². The zero-order valence-electron chi connectivity index (χ0n) is 13.7. The molecule has 4 rings (SSSR count). The monoisotopic (exact) mass is 296 g/mol. The van der Waals surface area contributed by atoms with Crippen molar-refractivity contribution in [1.29, 1.82) is 0 Å². The molecule has 1 unspecified atom stereocenters. The van der Waals surface area contributed by atoms with E-state index in [1.807, 2.05) is 6.33 Å². The highest BCUT2D eigenvalue weighted by Gasteiger charge is 2.53. The van der Waals surface area contributed by atoms with Crippen LogP contribution in [0.1, 0.15) is 49.9 Å². The van der Waals surface area contributed by atoms with Gasteiger partial charge in [-0.3, -0.25) is 0 Å². The van der Waals surface area contributed by atoms with Gasteiger partial charge in [0.2, 0.25) is 0 Å². The lowest BCUT2D eigenvalue weighted by Gasteiger charge is -2.53. The summed E-state index contributed by atoms with van der Waals surface area (Å²) in [6, 6.07) is 6.64. The number of imidazole rings is 1. The Balaban J connectivity index is 2.03. The minimum absolute atomic E-state index is 0.0594. The fourth-order valence-corrected chi connectivity index (χ4v) is 4.78. The van der Waals surface area contributed by atoms with Gasteiger partial charge in [-0.1, -0.05) is 19.9 Å². The highest BCUT2D eigenvalue weighted by atomic mass is 16.5. The summed E-state index contributed by atoms with van der Waals surface area (Å²) in [5, 5.41) is 0. The average molecular weight is 296 g/mol. The molecule has 0 amide bonds. The average Bonchev–Trinajstić information content (AvgIpc) is 3.00. The van der Waals surface area contributed by atoms with Crippen LogP contribution >= 0.6 is 0 Å². The van der Waals surface area contributed by atoms with Gasteiger partial charge in [0.1, 0.15) is 5.75 Å². The molecule has 116 valence electrons. The van der Waals surface area contributed by atoms with E-state index in [2.05, 4.69) is 47.8 Å². The summed E-state index contributed by atoms with van der Waals surface area (Å²) in [4.78, 5) is 4.47. The van der Waals surface area contributed by atoms with Crippen LogP contribution in [0.2, 0.25) is 0 Å². The van der Waals surface area contributed by atoms with Gasteiger partial charge >= 0.3 is 0 Å². The predicted octanol–water partition coefficient (Wildman–Crippen LogP) is 3.94. The molecule has 1 aromatic carbocycles. The first-order valence-electron chi connectivity index (χ1n) is 8.26. The molecule has 1 aliphatic heterocycles. The van der Waals surface area contributed by atoms with E-state index in [0.29, 0.717) is 0 Å². The number of aromatic nitrogens is 2. The van der Waals surface area contributed by atoms with Crippen LogP contribution in [0.5, 0.6) is 5.75 Å². The van der Waals surface area contributed by atoms with Crippen LogP contribution in [0.4, 0.5) is 0 Å². The standard InChI is InChI=1S/C19H24N2O/c1-18(2)9-7-14-5-6-15(22-3)11-16(14)19(18)8-4-10-21-13-20-12-17(19)21/h5-6,11-13H,4,7-10H2,1-3H3. The van der Waals surface area contributed by atoms with E-state index in [-0.39, 0.29) is 10.8 Å². The number of hydrogen-bond acceptors (Lipinski definition) is 2. The molecular weight excluding hydrogens is 272 g/mol. The van der Waals surface area contributed by atoms with Crippen LogP contribution in [0, 0.1) is 5.41 Å². The van der Waals surface area contributed by atoms with Gasteiger partial charge < -0.3 is 9.30 Å². The number of hydrogen-bond donors (Lipinski definition) is 0. The molecule has 0 bridgehead atoms. The Morgan fingerprint density at radius 1 is 1.23 bits per heavy atom. The summed E-state index contributed by atoms with van der Waals surface area (Å²) >= 11 is 0. The van der Waals surface area contributed by atoms with Crippen LogP contribution in [0.15, 0.2) is 30.7 Å². The SMILES string of the molecule is COc1ccc2c(c1)C1(CCCn3cncc31)C(C)(C)CC2. The molecule has 0 fully saturated rings. The molecule has 0 N–H and O–H groups in total. The van der Waals surface area contributed by atoms with Gasteiger partial charge in [0.05, 0.1) is 13.4 Å². The first-order valence-corrected chi connectivity index (χ1v) is 8.26. The van der Waals surface area contributed by atoms with Crippen LogP contribution < -0.4 is 4.74 Å². The zero-order chi connectivity index (χ0) is 15.4. The molecule has 0 saturated carbocycles. The Hall–Kier alpha value is -1.77. The van der Waals surface area contributed by atoms with Crippen molar-refractivity contribution in [2.75, 3.05) is 7.11 Å². The van der Waals surface area contributed by atoms with Gasteiger partial charge in [-0.2, -0.15) is 0 Å². The molecule has 0 saturated heterocycles. The molecule has 1 aromatic heterocycles. The summed E-state index contributed by atoms with van der Waals surface area (Å²) < 4.78 is 7.89. The maximum Gasteiger partial charge on any atom is 0.119 e. The summed E-state index contributed by atoms with van der Waals surface area (Å²) in [5.74, 6) is 0.965. The van der Waals surface area contributed by atoms with E-state index in [9.17, 15) is 0 Å². The Kier molecular flexibility index (Phi) is 2.91. The maximum atomic E-state index is 5.53. The van der Waals surface area contributed by atoms with E-state index in [0.717, 1.165) is 18.7 Å². The molecule has 1 atom stereocenters. The molecule has 1 spiro atoms. The smallest absolute Gasteiger partial charge is 0.119 e. The Morgan fingerprint density at radius 3 is 2.91 bits per heavy atom. The number of rotatable bonds is 1. The Labute approximate surface area is 132 Å². The summed E-state index contributed by atoms with van der Waals surface area (Å²) in [6.07, 6.45) is 8.88. The number of methoxy groups -OCH3 is 1. The van der Waals surface area contributed by atoms with Crippen molar-refractivity contribution in [2.24, 2.45) is 5.41 Å². The van der Waals surface area contributed by atoms with Gasteiger partial charge in [0.25, 0.3) is 0 Å². The number of nitrogens with zero attached hydrogens (tertiary/aromatic N) is 2. The van der Waals surface area contributed by atoms with Gasteiger partial charge in [0, 0.05) is 23.9 Å². The number of fused-ring (bicyclic) bond motifs is 4. The quantitative estimate of drug-likeness (QED) is 0.797. The predicted molar refractivity (Wildman–Crippen MR) is 87.3 cm³/mol. The second-order valence-electron chi connectivity index (χ2n) is 7.39. The molecule has 3 heteroatoms. The van der Waals surface area contributed by atoms with Gasteiger partial charge in [-0.15, -0.1) is 0 Å². The summed E-state index contributed by atoms with van der Waals surface area (Å²) in [7, 11) is 1.76. The number of ether oxygens (including phenoxy) is 1. The van der Waals surface area contributed by atoms with Crippen molar-refractivity contribution < 1.29 is 4.74 Å². The number of aryl methyl sites for hydroxylation is 2. The van der Waals surface area contributed by atoms with E-state index in [1.54, 1.807) is 7.11 Å². The van der Waals surface area contributed by atoms with E-state index in [4.69, 9.17) is 4.74 Å². The van der Waals surface area contributed by atoms with Crippen molar-refractivity contribution in [3.63, 3.8) is 0 Å². The second kappa shape index (κ2) is 4.61. The van der Waals surface area contributed by atoms with Crippen molar-refractivity contribution >= 4 is 0 Å². The summed E-state index contributed by atoms with van der Waals surface area (Å²) in [6.45, 7) is 5.95. The fraction of sp³-hybridized carbons (Fsp3) is 0.526. The molecule has 0 radical (unpaired) electrons. The fourth-order valence-electron chi connectivity index (χ4n) is 4.78. The van der Waals surface area contributed by atoms with Crippen LogP contribution in [-0.4, -0.2) is 16.7 Å². The van der Waals surface area contributed by atoms with Gasteiger partial charge in [-0.05, 0) is 54.4 Å². The lowest BCUT2D eigenvalue weighted by Crippen LogP contribution is -2.49. The second-order valence-corrected chi connectivity index (χ2v) is 7.39. The Bertz CT molecular complexity index is 716. The first kappa shape index (κ1) is 13.9. The third-order valence-corrected chi connectivity index (χ3v) is 6.05. The van der Waals surface area contributed by atoms with Gasteiger partial charge in [-0.25, -0.2) is 4.98 Å². The summed E-state index contributed by atoms with van der Waals surface area (Å²) in [5.41, 5.74) is 4.62. The zero-order valence-corrected chi connectivity index (χ0v) is 13.7. The first-order chi connectivity index (χ1) is 10.6. The third-order valence-electron chi connectivity index (χ3n) is 6.05. The molecule has 2 aromatic rings. The normalized spacial score (nSPS) is 25.6. The van der Waals surface area contributed by atoms with Crippen LogP contribution in [-0.2, 0) is 18.4 Å². The molecule has 1 aliphatic carbocycles. The minimum Gasteiger partial charge on any atom is -0.497 e. The van der Waals surface area contributed by atoms with E-state index < -0.39 is 0 Å². The molecule has 2 aliphatic rings. The topological polar surface area (TPSA) is 27.1 Å². The minimum atomic E-state index is 0.0594. The third kappa shape index (κ3) is 1.65. The Morgan fingerprint density at radius 2 is 2.09 bits per heavy atom. The van der Waals surface area contributed by atoms with E-state index >= 15 is 0 Å². The molecule has 3 nitrogen and oxygen atoms in total. The van der Waals surface area contributed by atoms with Crippen LogP contribution in [0.25, 0.3) is 0 Å². The van der Waals surface area contributed by atoms with Crippen molar-refractivity contribution in [2.45, 2.75) is 51.5 Å². The highest BCUT2D eigenvalue weighted by Crippen LogP contribution is 2.57. The van der Waals surface area contributed by atoms with Crippen molar-refractivity contribution in [3.05, 3.63) is 47.5 Å². The van der Waals surface area contributed by atoms with Crippen molar-refractivity contribution in [3.8, 4) is 5.75 Å².